The van der Waals surface area contributed by atoms with E-state index in [1.54, 1.807) is 7.11 Å². The van der Waals surface area contributed by atoms with Gasteiger partial charge in [0, 0.05) is 17.6 Å². The molecule has 0 N–H and O–H groups in total. The number of hydrogen-bond donors (Lipinski definition) is 0. The summed E-state index contributed by atoms with van der Waals surface area (Å²) in [6.07, 6.45) is 6.21. The molecular weight excluding hydrogens is 262 g/mol. The fraction of sp³-hybridized carbons (Fsp3) is 0.611. The fourth-order valence-corrected chi connectivity index (χ4v) is 4.16. The Labute approximate surface area is 127 Å². The number of benzene rings is 1. The third-order valence-corrected chi connectivity index (χ3v) is 5.23. The quantitative estimate of drug-likeness (QED) is 0.828. The molecule has 3 atom stereocenters. The van der Waals surface area contributed by atoms with Gasteiger partial charge in [0.1, 0.15) is 5.75 Å². The van der Waals surface area contributed by atoms with Crippen LogP contribution < -0.4 is 4.74 Å². The molecule has 1 aromatic carbocycles. The Bertz CT molecular complexity index is 540. The number of nitrogens with zero attached hydrogens (tertiary/aromatic N) is 1. The summed E-state index contributed by atoms with van der Waals surface area (Å²) in [7, 11) is 1.66. The summed E-state index contributed by atoms with van der Waals surface area (Å²) in [5.41, 5.74) is 1.83. The SMILES string of the molecule is COc1cc(C(=O)N2C(C)CC3CCCCC32)ccc1C. The number of amides is 1. The highest BCUT2D eigenvalue weighted by Crippen LogP contribution is 2.40. The van der Waals surface area contributed by atoms with Crippen LogP contribution in [0.4, 0.5) is 0 Å². The highest BCUT2D eigenvalue weighted by molar-refractivity contribution is 5.95. The zero-order chi connectivity index (χ0) is 15.0. The number of ether oxygens (including phenoxy) is 1. The number of aryl methyl sites for hydroxylation is 1. The number of rotatable bonds is 2. The lowest BCUT2D eigenvalue weighted by molar-refractivity contribution is 0.0633. The van der Waals surface area contributed by atoms with Crippen LogP contribution in [0.25, 0.3) is 0 Å². The number of likely N-dealkylation sites (tertiary alicyclic amines) is 1. The van der Waals surface area contributed by atoms with Crippen molar-refractivity contribution < 1.29 is 9.53 Å². The van der Waals surface area contributed by atoms with Gasteiger partial charge >= 0.3 is 0 Å². The first-order valence-corrected chi connectivity index (χ1v) is 8.09. The first kappa shape index (κ1) is 14.4. The second kappa shape index (κ2) is 5.70. The van der Waals surface area contributed by atoms with E-state index < -0.39 is 0 Å². The maximum Gasteiger partial charge on any atom is 0.254 e. The van der Waals surface area contributed by atoms with Crippen LogP contribution in [0.3, 0.4) is 0 Å². The van der Waals surface area contributed by atoms with E-state index in [-0.39, 0.29) is 5.91 Å². The molecule has 3 unspecified atom stereocenters. The molecule has 0 bridgehead atoms. The van der Waals surface area contributed by atoms with Crippen molar-refractivity contribution in [1.82, 2.24) is 4.90 Å². The normalized spacial score (nSPS) is 28.3. The third-order valence-electron chi connectivity index (χ3n) is 5.23. The Morgan fingerprint density at radius 2 is 2.05 bits per heavy atom. The number of hydrogen-bond acceptors (Lipinski definition) is 2. The van der Waals surface area contributed by atoms with Gasteiger partial charge in [-0.3, -0.25) is 4.79 Å². The van der Waals surface area contributed by atoms with Crippen LogP contribution in [0.1, 0.15) is 54.9 Å². The van der Waals surface area contributed by atoms with Crippen LogP contribution in [0, 0.1) is 12.8 Å². The standard InChI is InChI=1S/C18H25NO2/c1-12-8-9-15(11-17(12)21-3)18(20)19-13(2)10-14-6-4-5-7-16(14)19/h8-9,11,13-14,16H,4-7,10H2,1-3H3. The fourth-order valence-electron chi connectivity index (χ4n) is 4.16. The molecule has 3 nitrogen and oxygen atoms in total. The molecule has 1 aliphatic heterocycles. The molecule has 3 heteroatoms. The molecule has 1 heterocycles. The monoisotopic (exact) mass is 287 g/mol. The minimum Gasteiger partial charge on any atom is -0.496 e. The summed E-state index contributed by atoms with van der Waals surface area (Å²) in [4.78, 5) is 15.1. The molecule has 1 saturated heterocycles. The van der Waals surface area contributed by atoms with Gasteiger partial charge in [0.2, 0.25) is 0 Å². The molecule has 1 saturated carbocycles. The van der Waals surface area contributed by atoms with Gasteiger partial charge in [-0.25, -0.2) is 0 Å². The zero-order valence-corrected chi connectivity index (χ0v) is 13.3. The van der Waals surface area contributed by atoms with E-state index in [0.717, 1.165) is 16.9 Å². The van der Waals surface area contributed by atoms with Gasteiger partial charge in [-0.05, 0) is 56.7 Å². The summed E-state index contributed by atoms with van der Waals surface area (Å²) in [5.74, 6) is 1.69. The topological polar surface area (TPSA) is 29.5 Å². The lowest BCUT2D eigenvalue weighted by atomic mass is 9.85. The first-order valence-electron chi connectivity index (χ1n) is 8.09. The van der Waals surface area contributed by atoms with Crippen LogP contribution in [-0.4, -0.2) is 30.0 Å². The molecule has 1 amide bonds. The minimum atomic E-state index is 0.176. The summed E-state index contributed by atoms with van der Waals surface area (Å²) >= 11 is 0. The Hall–Kier alpha value is -1.51. The third kappa shape index (κ3) is 2.54. The molecule has 0 spiro atoms. The van der Waals surface area contributed by atoms with Crippen LogP contribution in [-0.2, 0) is 0 Å². The van der Waals surface area contributed by atoms with Crippen LogP contribution in [0.2, 0.25) is 0 Å². The molecular formula is C18H25NO2. The molecule has 0 aromatic heterocycles. The predicted molar refractivity (Wildman–Crippen MR) is 83.7 cm³/mol. The Balaban J connectivity index is 1.87. The summed E-state index contributed by atoms with van der Waals surface area (Å²) < 4.78 is 5.36. The lowest BCUT2D eigenvalue weighted by Gasteiger charge is -2.33. The van der Waals surface area contributed by atoms with Crippen molar-refractivity contribution in [2.45, 2.75) is 58.0 Å². The molecule has 1 aromatic rings. The van der Waals surface area contributed by atoms with Crippen LogP contribution in [0.15, 0.2) is 18.2 Å². The van der Waals surface area contributed by atoms with E-state index in [4.69, 9.17) is 4.74 Å². The van der Waals surface area contributed by atoms with E-state index in [9.17, 15) is 4.79 Å². The van der Waals surface area contributed by atoms with Gasteiger partial charge in [0.25, 0.3) is 5.91 Å². The van der Waals surface area contributed by atoms with Crippen molar-refractivity contribution in [3.63, 3.8) is 0 Å². The van der Waals surface area contributed by atoms with Gasteiger partial charge < -0.3 is 9.64 Å². The second-order valence-corrected chi connectivity index (χ2v) is 6.59. The first-order chi connectivity index (χ1) is 10.1. The second-order valence-electron chi connectivity index (χ2n) is 6.59. The van der Waals surface area contributed by atoms with E-state index >= 15 is 0 Å². The highest BCUT2D eigenvalue weighted by Gasteiger charge is 2.42. The van der Waals surface area contributed by atoms with Crippen LogP contribution >= 0.6 is 0 Å². The molecule has 2 aliphatic rings. The average Bonchev–Trinajstić information content (AvgIpc) is 2.82. The number of methoxy groups -OCH3 is 1. The highest BCUT2D eigenvalue weighted by atomic mass is 16.5. The number of fused-ring (bicyclic) bond motifs is 1. The van der Waals surface area contributed by atoms with Crippen molar-refractivity contribution in [1.29, 1.82) is 0 Å². The van der Waals surface area contributed by atoms with E-state index in [1.165, 1.54) is 32.1 Å². The van der Waals surface area contributed by atoms with Crippen molar-refractivity contribution >= 4 is 5.91 Å². The number of carbonyl (C=O) groups excluding carboxylic acids is 1. The summed E-state index contributed by atoms with van der Waals surface area (Å²) in [5, 5.41) is 0. The Morgan fingerprint density at radius 1 is 1.29 bits per heavy atom. The molecule has 114 valence electrons. The van der Waals surface area contributed by atoms with Crippen molar-refractivity contribution in [3.8, 4) is 5.75 Å². The van der Waals surface area contributed by atoms with Crippen molar-refractivity contribution in [2.24, 2.45) is 5.92 Å². The largest absolute Gasteiger partial charge is 0.496 e. The van der Waals surface area contributed by atoms with E-state index in [1.807, 2.05) is 25.1 Å². The van der Waals surface area contributed by atoms with E-state index in [2.05, 4.69) is 11.8 Å². The summed E-state index contributed by atoms with van der Waals surface area (Å²) in [6, 6.07) is 6.61. The summed E-state index contributed by atoms with van der Waals surface area (Å²) in [6.45, 7) is 4.20. The zero-order valence-electron chi connectivity index (χ0n) is 13.3. The molecule has 21 heavy (non-hydrogen) atoms. The van der Waals surface area contributed by atoms with E-state index in [0.29, 0.717) is 18.0 Å². The minimum absolute atomic E-state index is 0.176. The molecule has 2 fully saturated rings. The Kier molecular flexibility index (Phi) is 3.92. The van der Waals surface area contributed by atoms with Gasteiger partial charge in [-0.1, -0.05) is 18.9 Å². The van der Waals surface area contributed by atoms with Crippen LogP contribution in [0.5, 0.6) is 5.75 Å². The van der Waals surface area contributed by atoms with Gasteiger partial charge in [0.05, 0.1) is 7.11 Å². The maximum absolute atomic E-state index is 13.0. The molecule has 3 rings (SSSR count). The Morgan fingerprint density at radius 3 is 2.81 bits per heavy atom. The van der Waals surface area contributed by atoms with Gasteiger partial charge in [-0.15, -0.1) is 0 Å². The molecule has 0 radical (unpaired) electrons. The lowest BCUT2D eigenvalue weighted by Crippen LogP contribution is -2.42. The van der Waals surface area contributed by atoms with Crippen molar-refractivity contribution in [2.75, 3.05) is 7.11 Å². The predicted octanol–water partition coefficient (Wildman–Crippen LogP) is 3.80. The smallest absolute Gasteiger partial charge is 0.254 e. The maximum atomic E-state index is 13.0. The van der Waals surface area contributed by atoms with Crippen molar-refractivity contribution in [3.05, 3.63) is 29.3 Å². The average molecular weight is 287 g/mol. The molecule has 1 aliphatic carbocycles. The van der Waals surface area contributed by atoms with Gasteiger partial charge in [0.15, 0.2) is 0 Å². The van der Waals surface area contributed by atoms with Gasteiger partial charge in [-0.2, -0.15) is 0 Å². The number of carbonyl (C=O) groups is 1.